The van der Waals surface area contributed by atoms with E-state index in [2.05, 4.69) is 31.9 Å². The topological polar surface area (TPSA) is 393 Å². The quantitative estimate of drug-likeness (QED) is 0.0573. The minimum absolute atomic E-state index is 0.0493. The molecule has 0 aromatic heterocycles. The van der Waals surface area contributed by atoms with E-state index in [0.29, 0.717) is 5.56 Å². The minimum Gasteiger partial charge on any atom is -0.491 e. The van der Waals surface area contributed by atoms with Crippen LogP contribution in [0.4, 0.5) is 29.7 Å². The summed E-state index contributed by atoms with van der Waals surface area (Å²) < 4.78 is 46.1. The van der Waals surface area contributed by atoms with Gasteiger partial charge in [0.1, 0.15) is 70.8 Å². The molecule has 1 aromatic carbocycles. The first-order valence-corrected chi connectivity index (χ1v) is 27.2. The summed E-state index contributed by atoms with van der Waals surface area (Å²) in [7, 11) is 1.27. The van der Waals surface area contributed by atoms with Gasteiger partial charge in [0.15, 0.2) is 6.29 Å². The maximum Gasteiger partial charge on any atom is 0.410 e. The first-order chi connectivity index (χ1) is 38.1. The molecule has 1 saturated heterocycles. The summed E-state index contributed by atoms with van der Waals surface area (Å²) in [6, 6.07) is -1.38. The molecule has 4 rings (SSSR count). The van der Waals surface area contributed by atoms with Crippen LogP contribution in [0.5, 0.6) is 0 Å². The van der Waals surface area contributed by atoms with Gasteiger partial charge in [0.2, 0.25) is 11.8 Å². The Hall–Kier alpha value is -6.79. The summed E-state index contributed by atoms with van der Waals surface area (Å²) >= 11 is 0. The van der Waals surface area contributed by atoms with Crippen LogP contribution in [0.2, 0.25) is 0 Å². The maximum absolute atomic E-state index is 14.1. The number of hydrogen-bond acceptors (Lipinski definition) is 21. The van der Waals surface area contributed by atoms with Crippen LogP contribution in [0.25, 0.3) is 0 Å². The van der Waals surface area contributed by atoms with Gasteiger partial charge in [0.25, 0.3) is 5.69 Å². The van der Waals surface area contributed by atoms with Gasteiger partial charge in [-0.05, 0) is 140 Å². The number of carbonyl (C=O) groups is 7. The van der Waals surface area contributed by atoms with Gasteiger partial charge in [0.05, 0.1) is 42.3 Å². The second-order valence-electron chi connectivity index (χ2n) is 24.9. The molecule has 7 amide bonds. The van der Waals surface area contributed by atoms with Crippen molar-refractivity contribution < 1.29 is 96.8 Å². The number of carbonyl (C=O) groups excluding carboxylic acids is 7. The number of ether oxygens (including phenoxy) is 8. The van der Waals surface area contributed by atoms with E-state index in [0.717, 1.165) is 4.90 Å². The highest BCUT2D eigenvalue weighted by Gasteiger charge is 2.57. The van der Waals surface area contributed by atoms with Gasteiger partial charge in [-0.25, -0.2) is 24.0 Å². The Balaban J connectivity index is 1.81. The van der Waals surface area contributed by atoms with Crippen LogP contribution in [-0.4, -0.2) is 194 Å². The molecule has 1 aromatic rings. The molecule has 1 saturated carbocycles. The lowest BCUT2D eigenvalue weighted by molar-refractivity contribution is -0.384. The van der Waals surface area contributed by atoms with Crippen LogP contribution >= 0.6 is 0 Å². The van der Waals surface area contributed by atoms with Crippen molar-refractivity contribution in [3.8, 4) is 0 Å². The van der Waals surface area contributed by atoms with Crippen LogP contribution in [0.3, 0.4) is 0 Å². The number of nitrogens with one attached hydrogen (secondary N) is 6. The third-order valence-corrected chi connectivity index (χ3v) is 12.7. The molecule has 0 bridgehead atoms. The number of alkyl carbamates (subject to hydrolysis) is 4. The van der Waals surface area contributed by atoms with Gasteiger partial charge in [-0.1, -0.05) is 0 Å². The second-order valence-corrected chi connectivity index (χ2v) is 24.9. The Kier molecular flexibility index (Phi) is 23.3. The fraction of sp³-hybridized carbons (Fsp3) is 0.722. The zero-order valence-electron chi connectivity index (χ0n) is 49.9. The molecule has 10 N–H and O–H groups in total. The Bertz CT molecular complexity index is 2470. The predicted molar refractivity (Wildman–Crippen MR) is 293 cm³/mol. The van der Waals surface area contributed by atoms with E-state index >= 15 is 0 Å². The molecule has 2 heterocycles. The molecule has 2 aliphatic heterocycles. The molecule has 0 spiro atoms. The van der Waals surface area contributed by atoms with E-state index in [9.17, 15) is 64.1 Å². The van der Waals surface area contributed by atoms with Crippen LogP contribution in [0.1, 0.15) is 122 Å². The number of amides is 7. The molecule has 2 fully saturated rings. The van der Waals surface area contributed by atoms with Crippen molar-refractivity contribution in [2.24, 2.45) is 5.92 Å². The average Bonchev–Trinajstić information content (AvgIpc) is 3.46. The van der Waals surface area contributed by atoms with Crippen molar-refractivity contribution in [2.75, 3.05) is 26.7 Å². The summed E-state index contributed by atoms with van der Waals surface area (Å²) in [5.41, 5.74) is -5.57. The molecular weight excluding hydrogens is 1100 g/mol. The van der Waals surface area contributed by atoms with Crippen LogP contribution in [0, 0.1) is 16.0 Å². The molecule has 13 atom stereocenters. The van der Waals surface area contributed by atoms with Crippen molar-refractivity contribution in [3.63, 3.8) is 0 Å². The van der Waals surface area contributed by atoms with Gasteiger partial charge in [-0.15, -0.1) is 0 Å². The predicted octanol–water partition coefficient (Wildman–Crippen LogP) is 3.02. The monoisotopic (exact) mass is 1180 g/mol. The number of aliphatic hydroxyl groups excluding tert-OH is 3. The van der Waals surface area contributed by atoms with E-state index in [4.69, 9.17) is 37.9 Å². The molecule has 29 nitrogen and oxygen atoms in total. The average molecular weight is 1180 g/mol. The standard InChI is InChI=1S/C54H86N8O21/c1-28(57-47(70)81-51(5,6)7)42(66)58-32-21-20-31(25-56-45(68)76-26-29-16-18-30(19-17-29)62(74)75)78-39(32)36-33(60-48(71)82-52(8,9)10)24-34(59-43(67)35(63)22-23-55-46(69)80-50(2,3)4)40(37(36)64)79-44-38(65)41(54(14,73)27-77-44)61(15)49(72)83-53(11,12)13/h16-20,28,32-41,44,63-65,73H,21-27H2,1-15H3,(H,55,69)(H,56,68)(H,57,70)(H,58,66)(H,59,67)(H,60,71)/t28?,32-,33+,34-,35+,36-,37+,38-,39?,40+,41-,44-,54+/m1/s1. The fourth-order valence-electron chi connectivity index (χ4n) is 9.20. The molecule has 1 aliphatic carbocycles. The van der Waals surface area contributed by atoms with Crippen molar-refractivity contribution in [2.45, 2.75) is 218 Å². The van der Waals surface area contributed by atoms with Gasteiger partial charge in [-0.3, -0.25) is 19.7 Å². The third kappa shape index (κ3) is 21.7. The third-order valence-electron chi connectivity index (χ3n) is 12.7. The van der Waals surface area contributed by atoms with Crippen LogP contribution in [-0.2, 0) is 54.1 Å². The second kappa shape index (κ2) is 28.2. The van der Waals surface area contributed by atoms with Gasteiger partial charge in [-0.2, -0.15) is 0 Å². The number of nitro benzene ring substituents is 1. The Morgan fingerprint density at radius 3 is 1.92 bits per heavy atom. The van der Waals surface area contributed by atoms with Crippen molar-refractivity contribution in [3.05, 3.63) is 51.8 Å². The number of aliphatic hydroxyl groups is 4. The van der Waals surface area contributed by atoms with E-state index in [-0.39, 0.29) is 44.0 Å². The SMILES string of the molecule is CC(NC(=O)OC(C)(C)C)C(=O)N[C@@H]1CC=C(CNC(=O)OCc2ccc([N+](=O)[O-])cc2)OC1[C@H]1[C@H](O)[C@@H](O[C@H]2OC[C@](C)(O)[C@H](N(C)C(=O)OC(C)(C)C)[C@H]2O)[C@H](NC(=O)[C@@H](O)CCNC(=O)OC(C)(C)C)C[C@@H]1NC(=O)OC(C)(C)C. The lowest BCUT2D eigenvalue weighted by Crippen LogP contribution is -2.71. The maximum atomic E-state index is 14.1. The molecule has 29 heteroatoms. The lowest BCUT2D eigenvalue weighted by Gasteiger charge is -2.52. The highest BCUT2D eigenvalue weighted by molar-refractivity contribution is 5.85. The van der Waals surface area contributed by atoms with E-state index in [1.807, 2.05) is 0 Å². The number of benzene rings is 1. The summed E-state index contributed by atoms with van der Waals surface area (Å²) in [5.74, 6) is -3.22. The molecule has 3 aliphatic rings. The number of hydrogen-bond donors (Lipinski definition) is 10. The molecule has 0 radical (unpaired) electrons. The lowest BCUT2D eigenvalue weighted by atomic mass is 9.72. The molecule has 2 unspecified atom stereocenters. The van der Waals surface area contributed by atoms with Gasteiger partial charge >= 0.3 is 30.5 Å². The minimum atomic E-state index is -1.97. The highest BCUT2D eigenvalue weighted by atomic mass is 16.7. The highest BCUT2D eigenvalue weighted by Crippen LogP contribution is 2.39. The number of nitro groups is 1. The van der Waals surface area contributed by atoms with Crippen molar-refractivity contribution >= 4 is 48.0 Å². The summed E-state index contributed by atoms with van der Waals surface area (Å²) in [5, 5.41) is 74.9. The van der Waals surface area contributed by atoms with E-state index in [1.54, 1.807) is 83.1 Å². The number of rotatable bonds is 18. The normalized spacial score (nSPS) is 26.4. The summed E-state index contributed by atoms with van der Waals surface area (Å²) in [4.78, 5) is 105. The number of likely N-dealkylation sites (N-methyl/N-ethyl adjacent to an activating group) is 1. The zero-order valence-corrected chi connectivity index (χ0v) is 49.9. The summed E-state index contributed by atoms with van der Waals surface area (Å²) in [6.45, 7) is 20.7. The number of non-ortho nitro benzene ring substituents is 1. The largest absolute Gasteiger partial charge is 0.491 e. The summed E-state index contributed by atoms with van der Waals surface area (Å²) in [6.07, 6.45) is -14.7. The van der Waals surface area contributed by atoms with Crippen LogP contribution < -0.4 is 31.9 Å². The van der Waals surface area contributed by atoms with Gasteiger partial charge in [0, 0.05) is 37.7 Å². The fourth-order valence-corrected chi connectivity index (χ4v) is 9.20. The zero-order chi connectivity index (χ0) is 62.7. The van der Waals surface area contributed by atoms with E-state index in [1.165, 1.54) is 51.2 Å². The Morgan fingerprint density at radius 2 is 1.34 bits per heavy atom. The van der Waals surface area contributed by atoms with Gasteiger partial charge < -0.3 is 95.1 Å². The molecule has 83 heavy (non-hydrogen) atoms. The molecular formula is C54H86N8O21. The Morgan fingerprint density at radius 1 is 0.771 bits per heavy atom. The van der Waals surface area contributed by atoms with Crippen molar-refractivity contribution in [1.29, 1.82) is 0 Å². The first-order valence-electron chi connectivity index (χ1n) is 27.2. The number of nitrogens with zero attached hydrogens (tertiary/aromatic N) is 2. The first kappa shape index (κ1) is 68.7. The smallest absolute Gasteiger partial charge is 0.410 e. The van der Waals surface area contributed by atoms with Crippen LogP contribution in [0.15, 0.2) is 36.1 Å². The molecule has 468 valence electrons. The van der Waals surface area contributed by atoms with E-state index < -0.39 is 161 Å². The Labute approximate surface area is 482 Å². The van der Waals surface area contributed by atoms with Crippen molar-refractivity contribution in [1.82, 2.24) is 36.8 Å².